The molecular weight excluding hydrogens is 440 g/mol. The van der Waals surface area contributed by atoms with E-state index < -0.39 is 12.1 Å². The second-order valence-electron chi connectivity index (χ2n) is 7.17. The van der Waals surface area contributed by atoms with Crippen molar-refractivity contribution in [1.82, 2.24) is 20.2 Å². The van der Waals surface area contributed by atoms with Gasteiger partial charge in [-0.05, 0) is 23.6 Å². The highest BCUT2D eigenvalue weighted by atomic mass is 79.9. The predicted molar refractivity (Wildman–Crippen MR) is 111 cm³/mol. The first-order valence-corrected chi connectivity index (χ1v) is 10.2. The van der Waals surface area contributed by atoms with E-state index in [1.807, 2.05) is 38.1 Å². The highest BCUT2D eigenvalue weighted by Crippen LogP contribution is 2.27. The molecule has 2 atom stereocenters. The number of benzene rings is 1. The van der Waals surface area contributed by atoms with E-state index in [-0.39, 0.29) is 17.9 Å². The number of nitrogens with zero attached hydrogens (tertiary/aromatic N) is 2. The SMILES string of the molecule is COC(=O)NC(C(=O)N1CCOC[C@H]1c1ncc(-c2ccc(Br)cc2)[nH]1)C(C)C. The summed E-state index contributed by atoms with van der Waals surface area (Å²) in [5, 5.41) is 2.64. The molecule has 1 aromatic heterocycles. The van der Waals surface area contributed by atoms with Crippen molar-refractivity contribution >= 4 is 27.9 Å². The minimum absolute atomic E-state index is 0.0972. The molecule has 2 aromatic rings. The first kappa shape index (κ1) is 21.3. The number of rotatable bonds is 5. The van der Waals surface area contributed by atoms with E-state index in [1.54, 1.807) is 11.1 Å². The summed E-state index contributed by atoms with van der Waals surface area (Å²) in [6.45, 7) is 4.95. The Labute approximate surface area is 178 Å². The monoisotopic (exact) mass is 464 g/mol. The summed E-state index contributed by atoms with van der Waals surface area (Å²) in [6, 6.07) is 6.83. The highest BCUT2D eigenvalue weighted by Gasteiger charge is 2.36. The number of nitrogens with one attached hydrogen (secondary N) is 2. The number of hydrogen-bond acceptors (Lipinski definition) is 5. The van der Waals surface area contributed by atoms with Crippen molar-refractivity contribution < 1.29 is 19.1 Å². The highest BCUT2D eigenvalue weighted by molar-refractivity contribution is 9.10. The van der Waals surface area contributed by atoms with Gasteiger partial charge in [0.25, 0.3) is 0 Å². The molecule has 0 radical (unpaired) electrons. The molecule has 2 N–H and O–H groups in total. The number of alkyl carbamates (subject to hydrolysis) is 1. The summed E-state index contributed by atoms with van der Waals surface area (Å²) < 4.78 is 11.3. The van der Waals surface area contributed by atoms with Crippen molar-refractivity contribution in [2.24, 2.45) is 5.92 Å². The van der Waals surface area contributed by atoms with Crippen LogP contribution in [0.3, 0.4) is 0 Å². The number of methoxy groups -OCH3 is 1. The molecule has 1 unspecified atom stereocenters. The molecule has 2 amide bonds. The van der Waals surface area contributed by atoms with Crippen LogP contribution in [0.2, 0.25) is 0 Å². The quantitative estimate of drug-likeness (QED) is 0.708. The summed E-state index contributed by atoms with van der Waals surface area (Å²) in [7, 11) is 1.28. The van der Waals surface area contributed by atoms with Crippen LogP contribution in [0, 0.1) is 5.92 Å². The van der Waals surface area contributed by atoms with Gasteiger partial charge >= 0.3 is 6.09 Å². The van der Waals surface area contributed by atoms with Gasteiger partial charge in [-0.25, -0.2) is 9.78 Å². The van der Waals surface area contributed by atoms with Crippen LogP contribution < -0.4 is 5.32 Å². The van der Waals surface area contributed by atoms with E-state index in [1.165, 1.54) is 7.11 Å². The third-order valence-corrected chi connectivity index (χ3v) is 5.40. The maximum Gasteiger partial charge on any atom is 0.407 e. The Bertz CT molecular complexity index is 852. The van der Waals surface area contributed by atoms with Gasteiger partial charge in [-0.3, -0.25) is 4.79 Å². The Kier molecular flexibility index (Phi) is 6.92. The molecule has 29 heavy (non-hydrogen) atoms. The molecule has 8 nitrogen and oxygen atoms in total. The van der Waals surface area contributed by atoms with E-state index in [0.29, 0.717) is 25.6 Å². The van der Waals surface area contributed by atoms with Gasteiger partial charge in [0.15, 0.2) is 0 Å². The van der Waals surface area contributed by atoms with Crippen LogP contribution in [0.25, 0.3) is 11.3 Å². The molecule has 0 aliphatic carbocycles. The van der Waals surface area contributed by atoms with Crippen LogP contribution >= 0.6 is 15.9 Å². The van der Waals surface area contributed by atoms with Gasteiger partial charge in [0.05, 0.1) is 32.2 Å². The van der Waals surface area contributed by atoms with Crippen molar-refractivity contribution in [1.29, 1.82) is 0 Å². The summed E-state index contributed by atoms with van der Waals surface area (Å²) in [4.78, 5) is 34.5. The average Bonchev–Trinajstić information content (AvgIpc) is 3.21. The number of aromatic nitrogens is 2. The largest absolute Gasteiger partial charge is 0.453 e. The van der Waals surface area contributed by atoms with Crippen LogP contribution in [0.4, 0.5) is 4.79 Å². The number of amides is 2. The van der Waals surface area contributed by atoms with Crippen molar-refractivity contribution in [3.05, 3.63) is 40.8 Å². The number of carbonyl (C=O) groups is 2. The van der Waals surface area contributed by atoms with Gasteiger partial charge in [-0.2, -0.15) is 0 Å². The Morgan fingerprint density at radius 3 is 2.72 bits per heavy atom. The number of morpholine rings is 1. The topological polar surface area (TPSA) is 96.6 Å². The lowest BCUT2D eigenvalue weighted by Crippen LogP contribution is -2.54. The standard InChI is InChI=1S/C20H25BrN4O4/c1-12(2)17(24-20(27)28-3)19(26)25-8-9-29-11-16(25)18-22-10-15(23-18)13-4-6-14(21)7-5-13/h4-7,10,12,16-17H,8-9,11H2,1-3H3,(H,22,23)(H,24,27)/t16-,17?/m0/s1. The smallest absolute Gasteiger partial charge is 0.407 e. The molecule has 0 spiro atoms. The van der Waals surface area contributed by atoms with Crippen LogP contribution in [-0.2, 0) is 14.3 Å². The van der Waals surface area contributed by atoms with Crippen LogP contribution in [0.1, 0.15) is 25.7 Å². The van der Waals surface area contributed by atoms with E-state index in [4.69, 9.17) is 4.74 Å². The molecule has 1 aliphatic heterocycles. The number of hydrogen-bond donors (Lipinski definition) is 2. The molecule has 0 bridgehead atoms. The number of aromatic amines is 1. The summed E-state index contributed by atoms with van der Waals surface area (Å²) in [5.74, 6) is 0.372. The lowest BCUT2D eigenvalue weighted by molar-refractivity contribution is -0.143. The maximum absolute atomic E-state index is 13.2. The summed E-state index contributed by atoms with van der Waals surface area (Å²) >= 11 is 3.43. The zero-order valence-corrected chi connectivity index (χ0v) is 18.2. The van der Waals surface area contributed by atoms with Crippen molar-refractivity contribution in [2.75, 3.05) is 26.9 Å². The van der Waals surface area contributed by atoms with Crippen molar-refractivity contribution in [3.63, 3.8) is 0 Å². The van der Waals surface area contributed by atoms with Gasteiger partial charge in [0, 0.05) is 11.0 Å². The van der Waals surface area contributed by atoms with E-state index in [2.05, 4.69) is 36.0 Å². The van der Waals surface area contributed by atoms with Crippen molar-refractivity contribution in [3.8, 4) is 11.3 Å². The molecular formula is C20H25BrN4O4. The third kappa shape index (κ3) is 4.97. The molecule has 9 heteroatoms. The normalized spacial score (nSPS) is 17.8. The lowest BCUT2D eigenvalue weighted by Gasteiger charge is -2.37. The van der Waals surface area contributed by atoms with Gasteiger partial charge in [-0.1, -0.05) is 41.9 Å². The minimum Gasteiger partial charge on any atom is -0.453 e. The van der Waals surface area contributed by atoms with Crippen LogP contribution in [0.5, 0.6) is 0 Å². The van der Waals surface area contributed by atoms with Crippen LogP contribution in [-0.4, -0.2) is 59.8 Å². The zero-order chi connectivity index (χ0) is 21.0. The average molecular weight is 465 g/mol. The first-order valence-electron chi connectivity index (χ1n) is 9.44. The second kappa shape index (κ2) is 9.41. The Morgan fingerprint density at radius 1 is 1.34 bits per heavy atom. The molecule has 1 fully saturated rings. The number of carbonyl (C=O) groups excluding carboxylic acids is 2. The molecule has 2 heterocycles. The first-order chi connectivity index (χ1) is 13.9. The number of H-pyrrole nitrogens is 1. The fourth-order valence-electron chi connectivity index (χ4n) is 3.25. The molecule has 0 saturated carbocycles. The predicted octanol–water partition coefficient (Wildman–Crippen LogP) is 3.12. The van der Waals surface area contributed by atoms with Crippen molar-refractivity contribution in [2.45, 2.75) is 25.9 Å². The molecule has 1 saturated heterocycles. The van der Waals surface area contributed by atoms with Gasteiger partial charge in [0.1, 0.15) is 17.9 Å². The zero-order valence-electron chi connectivity index (χ0n) is 16.6. The van der Waals surface area contributed by atoms with E-state index >= 15 is 0 Å². The number of halogens is 1. The summed E-state index contributed by atoms with van der Waals surface area (Å²) in [6.07, 6.45) is 1.13. The van der Waals surface area contributed by atoms with Crippen LogP contribution in [0.15, 0.2) is 34.9 Å². The van der Waals surface area contributed by atoms with Gasteiger partial charge in [-0.15, -0.1) is 0 Å². The second-order valence-corrected chi connectivity index (χ2v) is 8.08. The fourth-order valence-corrected chi connectivity index (χ4v) is 3.52. The molecule has 1 aromatic carbocycles. The lowest BCUT2D eigenvalue weighted by atomic mass is 10.0. The molecule has 3 rings (SSSR count). The van der Waals surface area contributed by atoms with E-state index in [0.717, 1.165) is 15.7 Å². The Balaban J connectivity index is 1.83. The van der Waals surface area contributed by atoms with Gasteiger partial charge in [0.2, 0.25) is 5.91 Å². The summed E-state index contributed by atoms with van der Waals surface area (Å²) in [5.41, 5.74) is 1.85. The van der Waals surface area contributed by atoms with E-state index in [9.17, 15) is 9.59 Å². The Hall–Kier alpha value is -2.39. The number of imidazole rings is 1. The molecule has 1 aliphatic rings. The molecule has 156 valence electrons. The maximum atomic E-state index is 13.2. The third-order valence-electron chi connectivity index (χ3n) is 4.87. The minimum atomic E-state index is -0.691. The number of ether oxygens (including phenoxy) is 2. The van der Waals surface area contributed by atoms with Gasteiger partial charge < -0.3 is 24.7 Å². The fraction of sp³-hybridized carbons (Fsp3) is 0.450. The Morgan fingerprint density at radius 2 is 2.07 bits per heavy atom.